The van der Waals surface area contributed by atoms with Crippen LogP contribution in [0, 0.1) is 25.2 Å². The molecule has 1 amide bonds. The van der Waals surface area contributed by atoms with E-state index in [1.54, 1.807) is 4.90 Å². The van der Waals surface area contributed by atoms with E-state index in [2.05, 4.69) is 5.10 Å². The number of carbonyl (C=O) groups excluding carboxylic acids is 1. The second kappa shape index (κ2) is 6.34. The van der Waals surface area contributed by atoms with Gasteiger partial charge in [-0.3, -0.25) is 14.3 Å². The van der Waals surface area contributed by atoms with Gasteiger partial charge in [0.15, 0.2) is 0 Å². The van der Waals surface area contributed by atoms with Crippen molar-refractivity contribution in [2.75, 3.05) is 13.1 Å². The second-order valence-electron chi connectivity index (χ2n) is 7.11. The topological polar surface area (TPSA) is 75.4 Å². The van der Waals surface area contributed by atoms with Crippen molar-refractivity contribution >= 4 is 11.9 Å². The molecule has 1 aliphatic rings. The van der Waals surface area contributed by atoms with Crippen LogP contribution in [0.25, 0.3) is 0 Å². The predicted molar refractivity (Wildman–Crippen MR) is 87.1 cm³/mol. The van der Waals surface area contributed by atoms with E-state index in [0.717, 1.165) is 11.4 Å². The van der Waals surface area contributed by atoms with Gasteiger partial charge in [0, 0.05) is 25.2 Å². The highest BCUT2D eigenvalue weighted by Gasteiger charge is 2.48. The molecule has 0 aromatic carbocycles. The number of hydrogen-bond acceptors (Lipinski definition) is 3. The van der Waals surface area contributed by atoms with Crippen LogP contribution in [0.4, 0.5) is 0 Å². The standard InChI is InChI=1S/C17H27N3O3/c1-11(2)17(16(22)23)6-7-19(10-17)15(21)9-14(5)20-13(4)8-12(3)18-20/h8,11,14H,6-7,9-10H2,1-5H3,(H,22,23). The molecule has 1 N–H and O–H groups in total. The van der Waals surface area contributed by atoms with Gasteiger partial charge in [0.2, 0.25) is 5.91 Å². The van der Waals surface area contributed by atoms with Crippen molar-refractivity contribution in [3.8, 4) is 0 Å². The Morgan fingerprint density at radius 2 is 2.00 bits per heavy atom. The summed E-state index contributed by atoms with van der Waals surface area (Å²) in [4.78, 5) is 25.9. The molecule has 1 aromatic heterocycles. The molecule has 6 nitrogen and oxygen atoms in total. The summed E-state index contributed by atoms with van der Waals surface area (Å²) in [5.74, 6) is -0.783. The molecule has 1 fully saturated rings. The maximum atomic E-state index is 12.6. The monoisotopic (exact) mass is 321 g/mol. The normalized spacial score (nSPS) is 22.6. The quantitative estimate of drug-likeness (QED) is 0.903. The summed E-state index contributed by atoms with van der Waals surface area (Å²) in [6.07, 6.45) is 0.871. The smallest absolute Gasteiger partial charge is 0.311 e. The predicted octanol–water partition coefficient (Wildman–Crippen LogP) is 2.41. The first kappa shape index (κ1) is 17.5. The lowest BCUT2D eigenvalue weighted by Gasteiger charge is -2.29. The van der Waals surface area contributed by atoms with Crippen LogP contribution < -0.4 is 0 Å². The molecule has 0 saturated carbocycles. The van der Waals surface area contributed by atoms with Crippen molar-refractivity contribution in [2.24, 2.45) is 11.3 Å². The molecule has 1 aromatic rings. The van der Waals surface area contributed by atoms with Crippen LogP contribution >= 0.6 is 0 Å². The molecule has 0 bridgehead atoms. The summed E-state index contributed by atoms with van der Waals surface area (Å²) in [5.41, 5.74) is 1.16. The van der Waals surface area contributed by atoms with Crippen LogP contribution in [-0.4, -0.2) is 44.8 Å². The Labute approximate surface area is 137 Å². The van der Waals surface area contributed by atoms with Gasteiger partial charge < -0.3 is 10.0 Å². The number of carboxylic acids is 1. The van der Waals surface area contributed by atoms with Gasteiger partial charge >= 0.3 is 5.97 Å². The van der Waals surface area contributed by atoms with Gasteiger partial charge in [-0.1, -0.05) is 13.8 Å². The van der Waals surface area contributed by atoms with Crippen molar-refractivity contribution in [3.63, 3.8) is 0 Å². The zero-order valence-electron chi connectivity index (χ0n) is 14.7. The molecule has 2 unspecified atom stereocenters. The Morgan fingerprint density at radius 3 is 2.43 bits per heavy atom. The van der Waals surface area contributed by atoms with E-state index in [9.17, 15) is 14.7 Å². The van der Waals surface area contributed by atoms with Gasteiger partial charge in [-0.25, -0.2) is 0 Å². The minimum Gasteiger partial charge on any atom is -0.481 e. The number of carbonyl (C=O) groups is 2. The Bertz CT molecular complexity index is 608. The van der Waals surface area contributed by atoms with E-state index in [-0.39, 0.29) is 17.9 Å². The number of nitrogens with zero attached hydrogens (tertiary/aromatic N) is 3. The van der Waals surface area contributed by atoms with Crippen LogP contribution in [-0.2, 0) is 9.59 Å². The molecule has 1 aliphatic heterocycles. The summed E-state index contributed by atoms with van der Waals surface area (Å²) in [7, 11) is 0. The number of carboxylic acid groups (broad SMARTS) is 1. The number of likely N-dealkylation sites (tertiary alicyclic amines) is 1. The molecule has 0 radical (unpaired) electrons. The second-order valence-corrected chi connectivity index (χ2v) is 7.11. The molecular weight excluding hydrogens is 294 g/mol. The minimum atomic E-state index is -0.808. The highest BCUT2D eigenvalue weighted by Crippen LogP contribution is 2.38. The summed E-state index contributed by atoms with van der Waals surface area (Å²) < 4.78 is 1.87. The van der Waals surface area contributed by atoms with Crippen molar-refractivity contribution < 1.29 is 14.7 Å². The summed E-state index contributed by atoms with van der Waals surface area (Å²) >= 11 is 0. The number of aromatic nitrogens is 2. The molecular formula is C17H27N3O3. The average Bonchev–Trinajstić information content (AvgIpc) is 3.03. The molecule has 6 heteroatoms. The maximum Gasteiger partial charge on any atom is 0.311 e. The fourth-order valence-corrected chi connectivity index (χ4v) is 3.50. The SMILES string of the molecule is Cc1cc(C)n(C(C)CC(=O)N2CCC(C(=O)O)(C(C)C)C2)n1. The molecule has 128 valence electrons. The third-order valence-corrected chi connectivity index (χ3v) is 5.12. The summed E-state index contributed by atoms with van der Waals surface area (Å²) in [6, 6.07) is 1.96. The van der Waals surface area contributed by atoms with Crippen molar-refractivity contribution in [1.82, 2.24) is 14.7 Å². The number of aryl methyl sites for hydroxylation is 2. The Morgan fingerprint density at radius 1 is 1.35 bits per heavy atom. The zero-order chi connectivity index (χ0) is 17.4. The zero-order valence-corrected chi connectivity index (χ0v) is 14.7. The summed E-state index contributed by atoms with van der Waals surface area (Å²) in [6.45, 7) is 10.5. The van der Waals surface area contributed by atoms with Gasteiger partial charge in [-0.2, -0.15) is 5.10 Å². The van der Waals surface area contributed by atoms with Crippen LogP contribution in [0.1, 0.15) is 51.0 Å². The lowest BCUT2D eigenvalue weighted by Crippen LogP contribution is -2.41. The molecule has 1 saturated heterocycles. The van der Waals surface area contributed by atoms with Gasteiger partial charge in [-0.15, -0.1) is 0 Å². The van der Waals surface area contributed by atoms with Gasteiger partial charge in [0.1, 0.15) is 0 Å². The van der Waals surface area contributed by atoms with Crippen LogP contribution in [0.15, 0.2) is 6.07 Å². The molecule has 23 heavy (non-hydrogen) atoms. The number of aliphatic carboxylic acids is 1. The van der Waals surface area contributed by atoms with Gasteiger partial charge in [0.05, 0.1) is 17.2 Å². The fraction of sp³-hybridized carbons (Fsp3) is 0.706. The third kappa shape index (κ3) is 3.26. The molecule has 2 heterocycles. The van der Waals surface area contributed by atoms with Crippen molar-refractivity contribution in [1.29, 1.82) is 0 Å². The minimum absolute atomic E-state index is 0.00577. The van der Waals surface area contributed by atoms with E-state index >= 15 is 0 Å². The van der Waals surface area contributed by atoms with Crippen molar-refractivity contribution in [3.05, 3.63) is 17.5 Å². The van der Waals surface area contributed by atoms with E-state index in [4.69, 9.17) is 0 Å². The number of rotatable bonds is 5. The van der Waals surface area contributed by atoms with E-state index in [1.807, 2.05) is 45.4 Å². The highest BCUT2D eigenvalue weighted by molar-refractivity contribution is 5.81. The first-order chi connectivity index (χ1) is 10.7. The van der Waals surface area contributed by atoms with Crippen LogP contribution in [0.3, 0.4) is 0 Å². The Kier molecular flexibility index (Phi) is 4.82. The summed E-state index contributed by atoms with van der Waals surface area (Å²) in [5, 5.41) is 14.0. The largest absolute Gasteiger partial charge is 0.481 e. The highest BCUT2D eigenvalue weighted by atomic mass is 16.4. The van der Waals surface area contributed by atoms with Gasteiger partial charge in [0.25, 0.3) is 0 Å². The molecule has 2 atom stereocenters. The number of hydrogen-bond donors (Lipinski definition) is 1. The molecule has 0 aliphatic carbocycles. The average molecular weight is 321 g/mol. The van der Waals surface area contributed by atoms with E-state index < -0.39 is 11.4 Å². The van der Waals surface area contributed by atoms with Crippen LogP contribution in [0.2, 0.25) is 0 Å². The lowest BCUT2D eigenvalue weighted by atomic mass is 9.76. The number of amides is 1. The first-order valence-corrected chi connectivity index (χ1v) is 8.21. The van der Waals surface area contributed by atoms with Crippen molar-refractivity contribution in [2.45, 2.75) is 53.5 Å². The Balaban J connectivity index is 2.05. The van der Waals surface area contributed by atoms with E-state index in [0.29, 0.717) is 25.9 Å². The first-order valence-electron chi connectivity index (χ1n) is 8.21. The molecule has 2 rings (SSSR count). The van der Waals surface area contributed by atoms with E-state index in [1.165, 1.54) is 0 Å². The Hall–Kier alpha value is -1.85. The fourth-order valence-electron chi connectivity index (χ4n) is 3.50. The lowest BCUT2D eigenvalue weighted by molar-refractivity contribution is -0.151. The third-order valence-electron chi connectivity index (χ3n) is 5.12. The maximum absolute atomic E-state index is 12.6. The van der Waals surface area contributed by atoms with Gasteiger partial charge in [-0.05, 0) is 39.2 Å². The molecule has 0 spiro atoms. The van der Waals surface area contributed by atoms with Crippen LogP contribution in [0.5, 0.6) is 0 Å².